The predicted octanol–water partition coefficient (Wildman–Crippen LogP) is 2.57. The van der Waals surface area contributed by atoms with Crippen molar-refractivity contribution >= 4 is 16.0 Å². The van der Waals surface area contributed by atoms with Crippen molar-refractivity contribution in [2.45, 2.75) is 36.1 Å². The van der Waals surface area contributed by atoms with Gasteiger partial charge in [0.1, 0.15) is 6.10 Å². The molecule has 1 aliphatic carbocycles. The molecule has 0 spiro atoms. The van der Waals surface area contributed by atoms with E-state index in [0.717, 1.165) is 6.92 Å². The van der Waals surface area contributed by atoms with Gasteiger partial charge in [-0.15, -0.1) is 0 Å². The zero-order valence-corrected chi connectivity index (χ0v) is 14.6. The zero-order valence-electron chi connectivity index (χ0n) is 13.8. The molecule has 0 amide bonds. The van der Waals surface area contributed by atoms with Crippen LogP contribution in [0.25, 0.3) is 0 Å². The van der Waals surface area contributed by atoms with E-state index in [2.05, 4.69) is 4.74 Å². The quantitative estimate of drug-likeness (QED) is 0.328. The van der Waals surface area contributed by atoms with E-state index in [4.69, 9.17) is 4.74 Å². The third-order valence-corrected chi connectivity index (χ3v) is 6.63. The van der Waals surface area contributed by atoms with Gasteiger partial charge in [0, 0.05) is 18.3 Å². The fraction of sp³-hybridized carbons (Fsp3) is 0.438. The maximum atomic E-state index is 12.9. The van der Waals surface area contributed by atoms with Crippen LogP contribution in [0.1, 0.15) is 20.3 Å². The summed E-state index contributed by atoms with van der Waals surface area (Å²) >= 11 is 0. The lowest BCUT2D eigenvalue weighted by atomic mass is 10.00. The van der Waals surface area contributed by atoms with E-state index >= 15 is 0 Å². The molecule has 0 bridgehead atoms. The first-order valence-corrected chi connectivity index (χ1v) is 9.17. The van der Waals surface area contributed by atoms with Crippen LogP contribution in [-0.4, -0.2) is 37.1 Å². The van der Waals surface area contributed by atoms with Gasteiger partial charge in [-0.3, -0.25) is 10.1 Å². The van der Waals surface area contributed by atoms with Gasteiger partial charge < -0.3 is 9.47 Å². The Morgan fingerprint density at radius 3 is 2.52 bits per heavy atom. The largest absolute Gasteiger partial charge is 0.508 e. The van der Waals surface area contributed by atoms with Crippen LogP contribution < -0.4 is 0 Å². The molecule has 1 aliphatic rings. The predicted molar refractivity (Wildman–Crippen MR) is 88.2 cm³/mol. The van der Waals surface area contributed by atoms with Crippen LogP contribution in [0.4, 0.5) is 4.79 Å². The van der Waals surface area contributed by atoms with Crippen molar-refractivity contribution in [2.75, 3.05) is 6.61 Å². The molecule has 2 rings (SSSR count). The van der Waals surface area contributed by atoms with Crippen molar-refractivity contribution in [3.63, 3.8) is 0 Å². The highest BCUT2D eigenvalue weighted by Gasteiger charge is 2.58. The van der Waals surface area contributed by atoms with Crippen LogP contribution >= 0.6 is 0 Å². The van der Waals surface area contributed by atoms with E-state index in [0.29, 0.717) is 0 Å². The Morgan fingerprint density at radius 2 is 1.96 bits per heavy atom. The Morgan fingerprint density at radius 1 is 1.32 bits per heavy atom. The first-order valence-electron chi connectivity index (χ1n) is 7.69. The van der Waals surface area contributed by atoms with E-state index < -0.39 is 37.8 Å². The molecule has 1 aromatic rings. The minimum atomic E-state index is -4.27. The van der Waals surface area contributed by atoms with Crippen LogP contribution in [0.15, 0.2) is 47.4 Å². The van der Waals surface area contributed by atoms with Crippen LogP contribution in [0, 0.1) is 16.0 Å². The molecule has 25 heavy (non-hydrogen) atoms. The lowest BCUT2D eigenvalue weighted by molar-refractivity contribution is -0.544. The summed E-state index contributed by atoms with van der Waals surface area (Å²) in [7, 11) is -4.27. The molecule has 0 heterocycles. The summed E-state index contributed by atoms with van der Waals surface area (Å²) in [6.07, 6.45) is 1.18. The first kappa shape index (κ1) is 18.9. The van der Waals surface area contributed by atoms with Crippen molar-refractivity contribution < 1.29 is 27.6 Å². The number of rotatable bonds is 6. The highest BCUT2D eigenvalue weighted by molar-refractivity contribution is 7.92. The Labute approximate surface area is 145 Å². The molecule has 0 fully saturated rings. The molecule has 1 aromatic carbocycles. The summed E-state index contributed by atoms with van der Waals surface area (Å²) in [5.41, 5.74) is 0. The molecule has 9 heteroatoms. The molecule has 136 valence electrons. The second-order valence-electron chi connectivity index (χ2n) is 5.69. The maximum Gasteiger partial charge on any atom is 0.508 e. The molecule has 0 radical (unpaired) electrons. The summed E-state index contributed by atoms with van der Waals surface area (Å²) in [6.45, 7) is 2.83. The Kier molecular flexibility index (Phi) is 5.46. The third-order valence-electron chi connectivity index (χ3n) is 4.20. The minimum absolute atomic E-state index is 0.0115. The van der Waals surface area contributed by atoms with Crippen LogP contribution in [0.2, 0.25) is 0 Å². The topological polar surface area (TPSA) is 113 Å². The summed E-state index contributed by atoms with van der Waals surface area (Å²) < 4.78 is 35.5. The van der Waals surface area contributed by atoms with Gasteiger partial charge in [0.2, 0.25) is 9.84 Å². The summed E-state index contributed by atoms with van der Waals surface area (Å²) in [6, 6.07) is 7.28. The number of benzene rings is 1. The summed E-state index contributed by atoms with van der Waals surface area (Å²) in [5.74, 6) is -0.952. The Balaban J connectivity index is 2.29. The lowest BCUT2D eigenvalue weighted by Gasteiger charge is -2.26. The van der Waals surface area contributed by atoms with Crippen LogP contribution in [0.5, 0.6) is 0 Å². The number of hydrogen-bond acceptors (Lipinski definition) is 7. The highest BCUT2D eigenvalue weighted by Crippen LogP contribution is 2.39. The number of nitrogens with zero attached hydrogens (tertiary/aromatic N) is 1. The average molecular weight is 369 g/mol. The third kappa shape index (κ3) is 3.51. The zero-order chi connectivity index (χ0) is 18.7. The number of carbonyl (C=O) groups excluding carboxylic acids is 1. The molecule has 3 atom stereocenters. The van der Waals surface area contributed by atoms with Crippen molar-refractivity contribution in [3.05, 3.63) is 52.6 Å². The second kappa shape index (κ2) is 7.22. The van der Waals surface area contributed by atoms with Gasteiger partial charge in [-0.1, -0.05) is 24.3 Å². The van der Waals surface area contributed by atoms with E-state index in [1.807, 2.05) is 0 Å². The SMILES string of the molecule is CCOC(=O)O[C@H]1C=C[C@@H](C(C)([N+](=O)[O-])S(=O)(=O)c2ccccc2)C1. The van der Waals surface area contributed by atoms with Crippen molar-refractivity contribution in [1.82, 2.24) is 0 Å². The number of hydrogen-bond donors (Lipinski definition) is 0. The summed E-state index contributed by atoms with van der Waals surface area (Å²) in [5, 5.41) is 11.7. The van der Waals surface area contributed by atoms with E-state index in [1.54, 1.807) is 13.0 Å². The molecular weight excluding hydrogens is 350 g/mol. The molecule has 0 aliphatic heterocycles. The van der Waals surface area contributed by atoms with Crippen molar-refractivity contribution in [1.29, 1.82) is 0 Å². The van der Waals surface area contributed by atoms with Crippen LogP contribution in [-0.2, 0) is 19.3 Å². The number of carbonyl (C=O) groups is 1. The lowest BCUT2D eigenvalue weighted by Crippen LogP contribution is -2.49. The standard InChI is InChI=1S/C16H19NO7S/c1-3-23-15(18)24-13-10-9-12(11-13)16(2,17(19)20)25(21,22)14-7-5-4-6-8-14/h4-10,12-13H,3,11H2,1-2H3/t12-,13+,16?/m1/s1. The average Bonchev–Trinajstić information content (AvgIpc) is 3.03. The molecular formula is C16H19NO7S. The van der Waals surface area contributed by atoms with Crippen molar-refractivity contribution in [3.8, 4) is 0 Å². The van der Waals surface area contributed by atoms with E-state index in [9.17, 15) is 23.3 Å². The molecule has 1 unspecified atom stereocenters. The van der Waals surface area contributed by atoms with E-state index in [1.165, 1.54) is 36.4 Å². The van der Waals surface area contributed by atoms with Gasteiger partial charge >= 0.3 is 11.0 Å². The number of ether oxygens (including phenoxy) is 2. The second-order valence-corrected chi connectivity index (χ2v) is 8.00. The van der Waals surface area contributed by atoms with Gasteiger partial charge in [0.05, 0.1) is 17.4 Å². The molecule has 8 nitrogen and oxygen atoms in total. The number of sulfone groups is 1. The molecule has 0 saturated heterocycles. The Bertz CT molecular complexity index is 775. The van der Waals surface area contributed by atoms with E-state index in [-0.39, 0.29) is 17.9 Å². The van der Waals surface area contributed by atoms with Gasteiger partial charge in [-0.25, -0.2) is 13.2 Å². The monoisotopic (exact) mass is 369 g/mol. The fourth-order valence-corrected chi connectivity index (χ4v) is 4.46. The number of nitro groups is 1. The smallest absolute Gasteiger partial charge is 0.435 e. The minimum Gasteiger partial charge on any atom is -0.435 e. The molecule has 0 aromatic heterocycles. The first-order chi connectivity index (χ1) is 11.7. The fourth-order valence-electron chi connectivity index (χ4n) is 2.70. The van der Waals surface area contributed by atoms with Gasteiger partial charge in [0.25, 0.3) is 0 Å². The normalized spacial score (nSPS) is 22.2. The van der Waals surface area contributed by atoms with Crippen LogP contribution in [0.3, 0.4) is 0 Å². The highest BCUT2D eigenvalue weighted by atomic mass is 32.2. The molecule has 0 saturated carbocycles. The molecule has 0 N–H and O–H groups in total. The van der Waals surface area contributed by atoms with Gasteiger partial charge in [-0.05, 0) is 25.1 Å². The van der Waals surface area contributed by atoms with Crippen molar-refractivity contribution in [2.24, 2.45) is 5.92 Å². The summed E-state index contributed by atoms with van der Waals surface area (Å²) in [4.78, 5) is 19.9. The van der Waals surface area contributed by atoms with Gasteiger partial charge in [-0.2, -0.15) is 0 Å². The Hall–Kier alpha value is -2.42. The maximum absolute atomic E-state index is 12.9. The van der Waals surface area contributed by atoms with Gasteiger partial charge in [0.15, 0.2) is 0 Å².